The Morgan fingerprint density at radius 2 is 1.71 bits per heavy atom. The lowest BCUT2D eigenvalue weighted by Crippen LogP contribution is -2.26. The van der Waals surface area contributed by atoms with E-state index in [-0.39, 0.29) is 0 Å². The first-order valence-electron chi connectivity index (χ1n) is 11.4. The summed E-state index contributed by atoms with van der Waals surface area (Å²) in [5.41, 5.74) is 5.02. The summed E-state index contributed by atoms with van der Waals surface area (Å²) in [7, 11) is 3.94. The summed E-state index contributed by atoms with van der Waals surface area (Å²) in [6.45, 7) is 1.98. The van der Waals surface area contributed by atoms with Crippen LogP contribution in [0.2, 0.25) is 0 Å². The Hall–Kier alpha value is -2.78. The van der Waals surface area contributed by atoms with E-state index in [1.807, 2.05) is 6.07 Å². The topological polar surface area (TPSA) is 21.7 Å². The van der Waals surface area contributed by atoms with E-state index in [9.17, 15) is 0 Å². The second-order valence-corrected chi connectivity index (χ2v) is 8.46. The number of nitrogens with zero attached hydrogens (tertiary/aromatic N) is 1. The van der Waals surface area contributed by atoms with Crippen molar-refractivity contribution in [3.8, 4) is 22.6 Å². The zero-order valence-electron chi connectivity index (χ0n) is 18.7. The Bertz CT molecular complexity index is 967. The standard InChI is InChI=1S/C28H33NO2/c1-29-19-6-8-25(29)18-20-31-28-11-4-3-10-27(28)24-16-14-22(15-17-24)12-13-23-7-5-9-26(21-23)30-2/h3-5,7,9-11,14-17,21,25H,6,8,12-13,18-20H2,1-2H3. The number of benzene rings is 3. The number of ether oxygens (including phenoxy) is 2. The van der Waals surface area contributed by atoms with E-state index < -0.39 is 0 Å². The predicted molar refractivity (Wildman–Crippen MR) is 128 cm³/mol. The molecule has 1 aliphatic heterocycles. The molecule has 1 atom stereocenters. The summed E-state index contributed by atoms with van der Waals surface area (Å²) >= 11 is 0. The van der Waals surface area contributed by atoms with Gasteiger partial charge in [-0.3, -0.25) is 0 Å². The lowest BCUT2D eigenvalue weighted by molar-refractivity contribution is 0.234. The highest BCUT2D eigenvalue weighted by Gasteiger charge is 2.20. The summed E-state index contributed by atoms with van der Waals surface area (Å²) in [6.07, 6.45) is 5.71. The number of methoxy groups -OCH3 is 1. The molecule has 1 aliphatic rings. The average molecular weight is 416 g/mol. The second kappa shape index (κ2) is 10.5. The summed E-state index contributed by atoms with van der Waals surface area (Å²) in [4.78, 5) is 2.46. The van der Waals surface area contributed by atoms with Crippen molar-refractivity contribution >= 4 is 0 Å². The highest BCUT2D eigenvalue weighted by atomic mass is 16.5. The molecule has 31 heavy (non-hydrogen) atoms. The molecule has 0 bridgehead atoms. The van der Waals surface area contributed by atoms with Crippen LogP contribution in [0.4, 0.5) is 0 Å². The molecule has 3 nitrogen and oxygen atoms in total. The minimum atomic E-state index is 0.663. The molecule has 0 spiro atoms. The lowest BCUT2D eigenvalue weighted by atomic mass is 10.00. The molecule has 0 amide bonds. The van der Waals surface area contributed by atoms with Gasteiger partial charge in [0.2, 0.25) is 0 Å². The van der Waals surface area contributed by atoms with Crippen LogP contribution < -0.4 is 9.47 Å². The van der Waals surface area contributed by atoms with Crippen LogP contribution >= 0.6 is 0 Å². The number of hydrogen-bond acceptors (Lipinski definition) is 3. The third kappa shape index (κ3) is 5.68. The van der Waals surface area contributed by atoms with Crippen molar-refractivity contribution in [1.29, 1.82) is 0 Å². The molecule has 3 heteroatoms. The largest absolute Gasteiger partial charge is 0.497 e. The molecule has 0 N–H and O–H groups in total. The molecular formula is C28H33NO2. The monoisotopic (exact) mass is 415 g/mol. The fourth-order valence-corrected chi connectivity index (χ4v) is 4.45. The van der Waals surface area contributed by atoms with Gasteiger partial charge in [-0.15, -0.1) is 0 Å². The number of likely N-dealkylation sites (tertiary alicyclic amines) is 1. The van der Waals surface area contributed by atoms with Gasteiger partial charge in [-0.25, -0.2) is 0 Å². The first-order valence-corrected chi connectivity index (χ1v) is 11.4. The van der Waals surface area contributed by atoms with E-state index in [1.54, 1.807) is 7.11 Å². The first kappa shape index (κ1) is 21.5. The number of hydrogen-bond donors (Lipinski definition) is 0. The zero-order valence-corrected chi connectivity index (χ0v) is 18.7. The van der Waals surface area contributed by atoms with Gasteiger partial charge in [0.1, 0.15) is 11.5 Å². The van der Waals surface area contributed by atoms with Crippen LogP contribution in [-0.2, 0) is 12.8 Å². The summed E-state index contributed by atoms with van der Waals surface area (Å²) in [5, 5.41) is 0. The number of rotatable bonds is 9. The molecule has 0 aromatic heterocycles. The van der Waals surface area contributed by atoms with E-state index in [2.05, 4.69) is 78.7 Å². The lowest BCUT2D eigenvalue weighted by Gasteiger charge is -2.20. The maximum Gasteiger partial charge on any atom is 0.127 e. The van der Waals surface area contributed by atoms with E-state index >= 15 is 0 Å². The van der Waals surface area contributed by atoms with Crippen molar-refractivity contribution in [2.75, 3.05) is 27.3 Å². The fraction of sp³-hybridized carbons (Fsp3) is 0.357. The normalized spacial score (nSPS) is 16.4. The van der Waals surface area contributed by atoms with Gasteiger partial charge >= 0.3 is 0 Å². The van der Waals surface area contributed by atoms with Crippen LogP contribution in [0.5, 0.6) is 11.5 Å². The maximum atomic E-state index is 6.22. The molecule has 1 heterocycles. The molecule has 1 unspecified atom stereocenters. The molecule has 0 saturated carbocycles. The smallest absolute Gasteiger partial charge is 0.127 e. The molecule has 162 valence electrons. The van der Waals surface area contributed by atoms with Gasteiger partial charge in [0.05, 0.1) is 13.7 Å². The quantitative estimate of drug-likeness (QED) is 0.427. The van der Waals surface area contributed by atoms with Gasteiger partial charge in [-0.1, -0.05) is 54.6 Å². The Morgan fingerprint density at radius 3 is 2.48 bits per heavy atom. The highest BCUT2D eigenvalue weighted by Crippen LogP contribution is 2.30. The summed E-state index contributed by atoms with van der Waals surface area (Å²) in [5.74, 6) is 1.90. The molecule has 0 aliphatic carbocycles. The molecule has 0 radical (unpaired) electrons. The van der Waals surface area contributed by atoms with Gasteiger partial charge in [0, 0.05) is 11.6 Å². The Kier molecular flexibility index (Phi) is 7.26. The van der Waals surface area contributed by atoms with Gasteiger partial charge in [-0.05, 0) is 80.6 Å². The van der Waals surface area contributed by atoms with Gasteiger partial charge < -0.3 is 14.4 Å². The van der Waals surface area contributed by atoms with E-state index in [0.717, 1.165) is 37.4 Å². The third-order valence-electron chi connectivity index (χ3n) is 6.37. The van der Waals surface area contributed by atoms with Gasteiger partial charge in [0.25, 0.3) is 0 Å². The van der Waals surface area contributed by atoms with Crippen LogP contribution in [-0.4, -0.2) is 38.3 Å². The van der Waals surface area contributed by atoms with Crippen LogP contribution in [0.15, 0.2) is 72.8 Å². The van der Waals surface area contributed by atoms with Crippen molar-refractivity contribution in [3.63, 3.8) is 0 Å². The number of aryl methyl sites for hydroxylation is 2. The van der Waals surface area contributed by atoms with Gasteiger partial charge in [0.15, 0.2) is 0 Å². The zero-order chi connectivity index (χ0) is 21.5. The van der Waals surface area contributed by atoms with Crippen LogP contribution in [0.25, 0.3) is 11.1 Å². The molecule has 1 fully saturated rings. The predicted octanol–water partition coefficient (Wildman–Crippen LogP) is 6.01. The molecule has 4 rings (SSSR count). The molecule has 3 aromatic carbocycles. The Morgan fingerprint density at radius 1 is 0.903 bits per heavy atom. The maximum absolute atomic E-state index is 6.22. The molecule has 1 saturated heterocycles. The minimum absolute atomic E-state index is 0.663. The first-order chi connectivity index (χ1) is 15.2. The van der Waals surface area contributed by atoms with Crippen molar-refractivity contribution in [2.45, 2.75) is 38.1 Å². The Labute approximate surface area is 186 Å². The van der Waals surface area contributed by atoms with Crippen LogP contribution in [0, 0.1) is 0 Å². The SMILES string of the molecule is COc1cccc(CCc2ccc(-c3ccccc3OCCC3CCCN3C)cc2)c1. The highest BCUT2D eigenvalue weighted by molar-refractivity contribution is 5.70. The third-order valence-corrected chi connectivity index (χ3v) is 6.37. The van der Waals surface area contributed by atoms with E-state index in [0.29, 0.717) is 6.04 Å². The number of para-hydroxylation sites is 1. The van der Waals surface area contributed by atoms with Crippen molar-refractivity contribution in [2.24, 2.45) is 0 Å². The average Bonchev–Trinajstić information content (AvgIpc) is 3.23. The summed E-state index contributed by atoms with van der Waals surface area (Å²) < 4.78 is 11.6. The minimum Gasteiger partial charge on any atom is -0.497 e. The van der Waals surface area contributed by atoms with Crippen molar-refractivity contribution in [3.05, 3.63) is 83.9 Å². The van der Waals surface area contributed by atoms with Gasteiger partial charge in [-0.2, -0.15) is 0 Å². The van der Waals surface area contributed by atoms with E-state index in [1.165, 1.54) is 41.6 Å². The van der Waals surface area contributed by atoms with E-state index in [4.69, 9.17) is 9.47 Å². The Balaban J connectivity index is 1.37. The van der Waals surface area contributed by atoms with Crippen molar-refractivity contribution < 1.29 is 9.47 Å². The van der Waals surface area contributed by atoms with Crippen molar-refractivity contribution in [1.82, 2.24) is 4.90 Å². The summed E-state index contributed by atoms with van der Waals surface area (Å²) in [6, 6.07) is 26.3. The van der Waals surface area contributed by atoms with Crippen LogP contribution in [0.3, 0.4) is 0 Å². The fourth-order valence-electron chi connectivity index (χ4n) is 4.45. The molecular weight excluding hydrogens is 382 g/mol. The molecule has 3 aromatic rings. The van der Waals surface area contributed by atoms with Crippen LogP contribution in [0.1, 0.15) is 30.4 Å². The second-order valence-electron chi connectivity index (χ2n) is 8.46.